The predicted octanol–water partition coefficient (Wildman–Crippen LogP) is 4.49. The third-order valence-electron chi connectivity index (χ3n) is 3.92. The van der Waals surface area contributed by atoms with Gasteiger partial charge in [0.1, 0.15) is 5.75 Å². The van der Waals surface area contributed by atoms with Gasteiger partial charge in [-0.2, -0.15) is 0 Å². The molecule has 2 N–H and O–H groups in total. The van der Waals surface area contributed by atoms with Gasteiger partial charge in [-0.3, -0.25) is 0 Å². The molecule has 1 heterocycles. The first-order valence-electron chi connectivity index (χ1n) is 8.34. The molecule has 0 aliphatic heterocycles. The summed E-state index contributed by atoms with van der Waals surface area (Å²) in [6, 6.07) is 15.3. The van der Waals surface area contributed by atoms with Gasteiger partial charge < -0.3 is 15.4 Å². The number of rotatable bonds is 6. The lowest BCUT2D eigenvalue weighted by Crippen LogP contribution is -2.30. The molecule has 0 radical (unpaired) electrons. The first kappa shape index (κ1) is 17.9. The second kappa shape index (κ2) is 8.49. The molecule has 1 aromatic heterocycles. The molecule has 0 saturated heterocycles. The van der Waals surface area contributed by atoms with Gasteiger partial charge in [-0.15, -0.1) is 11.3 Å². The van der Waals surface area contributed by atoms with Crippen LogP contribution in [0, 0.1) is 6.92 Å². The van der Waals surface area contributed by atoms with Crippen LogP contribution in [0.5, 0.6) is 5.75 Å². The van der Waals surface area contributed by atoms with Crippen LogP contribution in [0.3, 0.4) is 0 Å². The zero-order valence-electron chi connectivity index (χ0n) is 14.8. The van der Waals surface area contributed by atoms with E-state index in [9.17, 15) is 4.79 Å². The van der Waals surface area contributed by atoms with Crippen molar-refractivity contribution < 1.29 is 9.53 Å². The number of thiazole rings is 1. The summed E-state index contributed by atoms with van der Waals surface area (Å²) in [7, 11) is 1.64. The molecule has 5 nitrogen and oxygen atoms in total. The van der Waals surface area contributed by atoms with E-state index in [4.69, 9.17) is 4.74 Å². The zero-order chi connectivity index (χ0) is 18.4. The first-order chi connectivity index (χ1) is 12.6. The van der Waals surface area contributed by atoms with Crippen molar-refractivity contribution in [3.8, 4) is 17.0 Å². The Hall–Kier alpha value is -2.86. The number of anilines is 1. The number of carbonyl (C=O) groups is 1. The molecule has 0 spiro atoms. The van der Waals surface area contributed by atoms with Gasteiger partial charge in [-0.05, 0) is 43.2 Å². The van der Waals surface area contributed by atoms with Gasteiger partial charge in [0.2, 0.25) is 0 Å². The van der Waals surface area contributed by atoms with E-state index in [-0.39, 0.29) is 6.03 Å². The number of methoxy groups -OCH3 is 1. The monoisotopic (exact) mass is 367 g/mol. The van der Waals surface area contributed by atoms with Crippen LogP contribution in [0.4, 0.5) is 10.5 Å². The zero-order valence-corrected chi connectivity index (χ0v) is 15.6. The average molecular weight is 367 g/mol. The molecule has 26 heavy (non-hydrogen) atoms. The highest BCUT2D eigenvalue weighted by Gasteiger charge is 2.04. The number of benzene rings is 2. The van der Waals surface area contributed by atoms with Crippen molar-refractivity contribution in [2.24, 2.45) is 0 Å². The van der Waals surface area contributed by atoms with Crippen molar-refractivity contribution in [2.75, 3.05) is 19.0 Å². The van der Waals surface area contributed by atoms with Crippen LogP contribution < -0.4 is 15.4 Å². The van der Waals surface area contributed by atoms with E-state index in [1.165, 1.54) is 0 Å². The summed E-state index contributed by atoms with van der Waals surface area (Å²) in [6.45, 7) is 2.55. The number of nitrogens with zero attached hydrogens (tertiary/aromatic N) is 1. The van der Waals surface area contributed by atoms with Crippen molar-refractivity contribution in [2.45, 2.75) is 13.3 Å². The number of nitrogens with one attached hydrogen (secondary N) is 2. The Morgan fingerprint density at radius 1 is 1.12 bits per heavy atom. The molecule has 3 aromatic rings. The molecular weight excluding hydrogens is 346 g/mol. The summed E-state index contributed by atoms with van der Waals surface area (Å²) in [5.41, 5.74) is 3.90. The molecule has 0 fully saturated rings. The Kier molecular flexibility index (Phi) is 5.86. The molecule has 6 heteroatoms. The lowest BCUT2D eigenvalue weighted by Gasteiger charge is -2.08. The molecule has 0 atom stereocenters. The van der Waals surface area contributed by atoms with Crippen LogP contribution in [-0.2, 0) is 6.42 Å². The number of ether oxygens (including phenoxy) is 1. The Labute approximate surface area is 157 Å². The molecule has 0 unspecified atom stereocenters. The molecule has 134 valence electrons. The summed E-state index contributed by atoms with van der Waals surface area (Å²) in [5, 5.41) is 8.78. The fourth-order valence-corrected chi connectivity index (χ4v) is 3.13. The third-order valence-corrected chi connectivity index (χ3v) is 4.69. The molecule has 2 amide bonds. The predicted molar refractivity (Wildman–Crippen MR) is 106 cm³/mol. The Morgan fingerprint density at radius 2 is 1.85 bits per heavy atom. The topological polar surface area (TPSA) is 63.2 Å². The number of aryl methyl sites for hydroxylation is 1. The van der Waals surface area contributed by atoms with Gasteiger partial charge in [-0.1, -0.05) is 24.3 Å². The average Bonchev–Trinajstić information content (AvgIpc) is 3.09. The van der Waals surface area contributed by atoms with Gasteiger partial charge in [-0.25, -0.2) is 9.78 Å². The standard InChI is InChI=1S/C20H21N3O2S/c1-14-22-19(13-26-14)16-5-7-17(8-6-16)23-20(24)21-12-11-15-3-9-18(25-2)10-4-15/h3-10,13H,11-12H2,1-2H3,(H2,21,23,24). The van der Waals surface area contributed by atoms with E-state index >= 15 is 0 Å². The van der Waals surface area contributed by atoms with Crippen molar-refractivity contribution in [1.29, 1.82) is 0 Å². The molecule has 3 rings (SSSR count). The largest absolute Gasteiger partial charge is 0.497 e. The van der Waals surface area contributed by atoms with Crippen LogP contribution in [0.1, 0.15) is 10.6 Å². The van der Waals surface area contributed by atoms with Crippen molar-refractivity contribution in [3.05, 3.63) is 64.5 Å². The summed E-state index contributed by atoms with van der Waals surface area (Å²) < 4.78 is 5.13. The van der Waals surface area contributed by atoms with Crippen LogP contribution in [0.2, 0.25) is 0 Å². The number of urea groups is 1. The van der Waals surface area contributed by atoms with Gasteiger partial charge in [0.15, 0.2) is 0 Å². The van der Waals surface area contributed by atoms with Gasteiger partial charge in [0.05, 0.1) is 17.8 Å². The van der Waals surface area contributed by atoms with Gasteiger partial charge >= 0.3 is 6.03 Å². The quantitative estimate of drug-likeness (QED) is 0.675. The number of hydrogen-bond acceptors (Lipinski definition) is 4. The highest BCUT2D eigenvalue weighted by Crippen LogP contribution is 2.23. The lowest BCUT2D eigenvalue weighted by molar-refractivity contribution is 0.252. The number of aromatic nitrogens is 1. The minimum absolute atomic E-state index is 0.212. The smallest absolute Gasteiger partial charge is 0.319 e. The molecular formula is C20H21N3O2S. The Morgan fingerprint density at radius 3 is 2.46 bits per heavy atom. The van der Waals surface area contributed by atoms with E-state index in [1.807, 2.05) is 60.8 Å². The molecule has 0 saturated carbocycles. The minimum atomic E-state index is -0.212. The fraction of sp³-hybridized carbons (Fsp3) is 0.200. The van der Waals surface area contributed by atoms with Crippen LogP contribution >= 0.6 is 11.3 Å². The van der Waals surface area contributed by atoms with Crippen molar-refractivity contribution >= 4 is 23.1 Å². The maximum absolute atomic E-state index is 12.0. The van der Waals surface area contributed by atoms with E-state index in [0.29, 0.717) is 6.54 Å². The highest BCUT2D eigenvalue weighted by atomic mass is 32.1. The van der Waals surface area contributed by atoms with Crippen molar-refractivity contribution in [3.63, 3.8) is 0 Å². The molecule has 0 aliphatic rings. The maximum Gasteiger partial charge on any atom is 0.319 e. The van der Waals surface area contributed by atoms with E-state index in [1.54, 1.807) is 18.4 Å². The fourth-order valence-electron chi connectivity index (χ4n) is 2.51. The van der Waals surface area contributed by atoms with Crippen LogP contribution in [0.15, 0.2) is 53.9 Å². The van der Waals surface area contributed by atoms with Crippen LogP contribution in [-0.4, -0.2) is 24.7 Å². The first-order valence-corrected chi connectivity index (χ1v) is 9.22. The van der Waals surface area contributed by atoms with E-state index in [2.05, 4.69) is 15.6 Å². The molecule has 0 aliphatic carbocycles. The number of carbonyl (C=O) groups excluding carboxylic acids is 1. The summed E-state index contributed by atoms with van der Waals surface area (Å²) >= 11 is 1.63. The van der Waals surface area contributed by atoms with E-state index in [0.717, 1.165) is 39.7 Å². The Bertz CT molecular complexity index is 858. The SMILES string of the molecule is COc1ccc(CCNC(=O)Nc2ccc(-c3csc(C)n3)cc2)cc1. The minimum Gasteiger partial charge on any atom is -0.497 e. The molecule has 0 bridgehead atoms. The second-order valence-corrected chi connectivity index (χ2v) is 6.87. The lowest BCUT2D eigenvalue weighted by atomic mass is 10.1. The van der Waals surface area contributed by atoms with E-state index < -0.39 is 0 Å². The van der Waals surface area contributed by atoms with Crippen LogP contribution in [0.25, 0.3) is 11.3 Å². The number of amides is 2. The third kappa shape index (κ3) is 4.83. The summed E-state index contributed by atoms with van der Waals surface area (Å²) in [5.74, 6) is 0.829. The Balaban J connectivity index is 1.46. The van der Waals surface area contributed by atoms with Gasteiger partial charge in [0.25, 0.3) is 0 Å². The van der Waals surface area contributed by atoms with Gasteiger partial charge in [0, 0.05) is 23.2 Å². The maximum atomic E-state index is 12.0. The molecule has 2 aromatic carbocycles. The normalized spacial score (nSPS) is 10.4. The summed E-state index contributed by atoms with van der Waals surface area (Å²) in [6.07, 6.45) is 0.763. The second-order valence-electron chi connectivity index (χ2n) is 5.81. The summed E-state index contributed by atoms with van der Waals surface area (Å²) in [4.78, 5) is 16.5. The number of hydrogen-bond donors (Lipinski definition) is 2. The highest BCUT2D eigenvalue weighted by molar-refractivity contribution is 7.09. The van der Waals surface area contributed by atoms with Crippen molar-refractivity contribution in [1.82, 2.24) is 10.3 Å².